The molecule has 0 aromatic heterocycles. The largest absolute Gasteiger partial charge is 0.507 e. The number of carbonyl (C=O) groups is 2. The molecule has 7 nitrogen and oxygen atoms in total. The maximum Gasteiger partial charge on any atom is 0.300 e. The second-order valence-electron chi connectivity index (χ2n) is 7.22. The third-order valence-electron chi connectivity index (χ3n) is 5.22. The third kappa shape index (κ3) is 3.57. The number of aliphatic hydroxyl groups excluding tert-OH is 1. The first kappa shape index (κ1) is 20.0. The van der Waals surface area contributed by atoms with E-state index in [9.17, 15) is 24.8 Å². The molecule has 0 aliphatic carbocycles. The summed E-state index contributed by atoms with van der Waals surface area (Å²) in [5.41, 5.74) is 2.20. The van der Waals surface area contributed by atoms with E-state index in [1.54, 1.807) is 36.4 Å². The molecule has 1 heterocycles. The number of carbonyl (C=O) groups excluding carboxylic acids is 2. The van der Waals surface area contributed by atoms with Crippen LogP contribution in [0.2, 0.25) is 0 Å². The van der Waals surface area contributed by atoms with Gasteiger partial charge in [0.2, 0.25) is 0 Å². The fourth-order valence-corrected chi connectivity index (χ4v) is 3.65. The highest BCUT2D eigenvalue weighted by Gasteiger charge is 2.46. The molecule has 1 N–H and O–H groups in total. The van der Waals surface area contributed by atoms with Crippen molar-refractivity contribution in [2.45, 2.75) is 13.0 Å². The summed E-state index contributed by atoms with van der Waals surface area (Å²) in [5, 5.41) is 21.9. The summed E-state index contributed by atoms with van der Waals surface area (Å²) in [7, 11) is 0. The fourth-order valence-electron chi connectivity index (χ4n) is 3.65. The zero-order valence-corrected chi connectivity index (χ0v) is 16.6. The Morgan fingerprint density at radius 3 is 2.13 bits per heavy atom. The predicted octanol–water partition coefficient (Wildman–Crippen LogP) is 4.53. The topological polar surface area (TPSA) is 101 Å². The Bertz CT molecular complexity index is 1200. The second kappa shape index (κ2) is 7.87. The van der Waals surface area contributed by atoms with E-state index in [1.807, 2.05) is 25.1 Å². The minimum Gasteiger partial charge on any atom is -0.507 e. The Hall–Kier alpha value is -4.26. The smallest absolute Gasteiger partial charge is 0.300 e. The third-order valence-corrected chi connectivity index (χ3v) is 5.22. The molecular formula is C24H18N2O5. The number of ketones is 1. The summed E-state index contributed by atoms with van der Waals surface area (Å²) in [6.07, 6.45) is 0. The van der Waals surface area contributed by atoms with Crippen LogP contribution in [0.5, 0.6) is 0 Å². The van der Waals surface area contributed by atoms with E-state index in [1.165, 1.54) is 29.2 Å². The molecule has 4 rings (SSSR count). The maximum atomic E-state index is 13.0. The Morgan fingerprint density at radius 2 is 1.55 bits per heavy atom. The molecule has 1 fully saturated rings. The van der Waals surface area contributed by atoms with Crippen LogP contribution in [0, 0.1) is 17.0 Å². The van der Waals surface area contributed by atoms with Crippen LogP contribution in [0.1, 0.15) is 22.7 Å². The van der Waals surface area contributed by atoms with Crippen molar-refractivity contribution in [2.24, 2.45) is 0 Å². The van der Waals surface area contributed by atoms with E-state index in [4.69, 9.17) is 0 Å². The summed E-state index contributed by atoms with van der Waals surface area (Å²) in [6, 6.07) is 20.5. The summed E-state index contributed by atoms with van der Waals surface area (Å²) in [5.74, 6) is -1.94. The second-order valence-corrected chi connectivity index (χ2v) is 7.22. The van der Waals surface area contributed by atoms with Gasteiger partial charge in [-0.25, -0.2) is 0 Å². The van der Waals surface area contributed by atoms with Gasteiger partial charge in [-0.15, -0.1) is 0 Å². The van der Waals surface area contributed by atoms with Crippen molar-refractivity contribution in [3.05, 3.63) is 111 Å². The number of nitrogens with zero attached hydrogens (tertiary/aromatic N) is 2. The van der Waals surface area contributed by atoms with Gasteiger partial charge in [-0.3, -0.25) is 24.6 Å². The van der Waals surface area contributed by atoms with Gasteiger partial charge >= 0.3 is 0 Å². The number of benzene rings is 3. The SMILES string of the molecule is Cc1ccc(N2C(=O)C(=O)/C(=C(/O)c3ccc([N+](=O)[O-])cc3)C2c2ccccc2)cc1. The van der Waals surface area contributed by atoms with Gasteiger partial charge in [-0.1, -0.05) is 48.0 Å². The molecule has 31 heavy (non-hydrogen) atoms. The van der Waals surface area contributed by atoms with Gasteiger partial charge in [-0.2, -0.15) is 0 Å². The fraction of sp³-hybridized carbons (Fsp3) is 0.0833. The molecule has 3 aromatic rings. The molecule has 0 spiro atoms. The van der Waals surface area contributed by atoms with Gasteiger partial charge in [0.15, 0.2) is 0 Å². The number of Topliss-reactive ketones (excluding diaryl/α,β-unsaturated/α-hetero) is 1. The highest BCUT2D eigenvalue weighted by Crippen LogP contribution is 2.42. The van der Waals surface area contributed by atoms with Crippen LogP contribution in [-0.2, 0) is 9.59 Å². The van der Waals surface area contributed by atoms with E-state index in [2.05, 4.69) is 0 Å². The normalized spacial score (nSPS) is 17.7. The van der Waals surface area contributed by atoms with Gasteiger partial charge in [0.05, 0.1) is 16.5 Å². The summed E-state index contributed by atoms with van der Waals surface area (Å²) in [4.78, 5) is 37.8. The number of rotatable bonds is 4. The molecule has 1 atom stereocenters. The number of amides is 1. The number of nitro groups is 1. The van der Waals surface area contributed by atoms with Crippen LogP contribution in [-0.4, -0.2) is 21.7 Å². The van der Waals surface area contributed by atoms with Crippen LogP contribution >= 0.6 is 0 Å². The zero-order valence-electron chi connectivity index (χ0n) is 16.6. The standard InChI is InChI=1S/C24H18N2O5/c1-15-7-11-18(12-8-15)25-21(16-5-3-2-4-6-16)20(23(28)24(25)29)22(27)17-9-13-19(14-10-17)26(30)31/h2-14,21,27H,1H3/b22-20+. The summed E-state index contributed by atoms with van der Waals surface area (Å²) in [6.45, 7) is 1.92. The van der Waals surface area contributed by atoms with Gasteiger partial charge < -0.3 is 5.11 Å². The number of anilines is 1. The van der Waals surface area contributed by atoms with Crippen LogP contribution < -0.4 is 4.90 Å². The monoisotopic (exact) mass is 414 g/mol. The lowest BCUT2D eigenvalue weighted by Gasteiger charge is -2.25. The average molecular weight is 414 g/mol. The van der Waals surface area contributed by atoms with E-state index < -0.39 is 22.7 Å². The van der Waals surface area contributed by atoms with Gasteiger partial charge in [0.25, 0.3) is 17.4 Å². The number of hydrogen-bond donors (Lipinski definition) is 1. The molecule has 7 heteroatoms. The maximum absolute atomic E-state index is 13.0. The van der Waals surface area contributed by atoms with Crippen LogP contribution in [0.15, 0.2) is 84.4 Å². The summed E-state index contributed by atoms with van der Waals surface area (Å²) < 4.78 is 0. The van der Waals surface area contributed by atoms with Crippen molar-refractivity contribution in [2.75, 3.05) is 4.90 Å². The minimum atomic E-state index is -0.834. The molecule has 0 bridgehead atoms. The van der Waals surface area contributed by atoms with Crippen molar-refractivity contribution in [1.82, 2.24) is 0 Å². The average Bonchev–Trinajstić information content (AvgIpc) is 3.05. The van der Waals surface area contributed by atoms with Crippen molar-refractivity contribution in [3.8, 4) is 0 Å². The molecule has 1 amide bonds. The lowest BCUT2D eigenvalue weighted by Crippen LogP contribution is -2.29. The number of non-ortho nitro benzene ring substituents is 1. The van der Waals surface area contributed by atoms with Gasteiger partial charge in [0, 0.05) is 23.4 Å². The first-order chi connectivity index (χ1) is 14.9. The minimum absolute atomic E-state index is 0.0642. The molecule has 1 aliphatic rings. The van der Waals surface area contributed by atoms with Crippen molar-refractivity contribution < 1.29 is 19.6 Å². The molecule has 3 aromatic carbocycles. The molecule has 154 valence electrons. The Labute approximate surface area is 178 Å². The van der Waals surface area contributed by atoms with Gasteiger partial charge in [0.1, 0.15) is 5.76 Å². The molecule has 1 aliphatic heterocycles. The number of aliphatic hydroxyl groups is 1. The molecule has 1 saturated heterocycles. The quantitative estimate of drug-likeness (QED) is 0.222. The first-order valence-corrected chi connectivity index (χ1v) is 9.56. The number of aryl methyl sites for hydroxylation is 1. The lowest BCUT2D eigenvalue weighted by molar-refractivity contribution is -0.384. The van der Waals surface area contributed by atoms with Crippen molar-refractivity contribution >= 4 is 28.8 Å². The Morgan fingerprint density at radius 1 is 0.935 bits per heavy atom. The molecule has 1 unspecified atom stereocenters. The van der Waals surface area contributed by atoms with Crippen LogP contribution in [0.3, 0.4) is 0 Å². The van der Waals surface area contributed by atoms with E-state index >= 15 is 0 Å². The van der Waals surface area contributed by atoms with Crippen molar-refractivity contribution in [3.63, 3.8) is 0 Å². The molecule has 0 radical (unpaired) electrons. The zero-order chi connectivity index (χ0) is 22.1. The van der Waals surface area contributed by atoms with E-state index in [0.29, 0.717) is 11.3 Å². The van der Waals surface area contributed by atoms with E-state index in [0.717, 1.165) is 5.56 Å². The molecule has 0 saturated carbocycles. The first-order valence-electron chi connectivity index (χ1n) is 9.56. The number of hydrogen-bond acceptors (Lipinski definition) is 5. The molecular weight excluding hydrogens is 396 g/mol. The predicted molar refractivity (Wildman–Crippen MR) is 116 cm³/mol. The summed E-state index contributed by atoms with van der Waals surface area (Å²) >= 11 is 0. The lowest BCUT2D eigenvalue weighted by atomic mass is 9.95. The van der Waals surface area contributed by atoms with Crippen LogP contribution in [0.4, 0.5) is 11.4 Å². The van der Waals surface area contributed by atoms with Crippen LogP contribution in [0.25, 0.3) is 5.76 Å². The van der Waals surface area contributed by atoms with Gasteiger partial charge in [-0.05, 0) is 36.8 Å². The highest BCUT2D eigenvalue weighted by molar-refractivity contribution is 6.51. The Balaban J connectivity index is 1.90. The number of nitro benzene ring substituents is 1. The van der Waals surface area contributed by atoms with E-state index in [-0.39, 0.29) is 22.6 Å². The van der Waals surface area contributed by atoms with Crippen molar-refractivity contribution in [1.29, 1.82) is 0 Å². The Kier molecular flexibility index (Phi) is 5.09. The highest BCUT2D eigenvalue weighted by atomic mass is 16.6.